The molecule has 0 heterocycles. The number of unbranched alkanes of at least 4 members (excludes halogenated alkanes) is 24. The van der Waals surface area contributed by atoms with Crippen LogP contribution < -0.4 is 5.73 Å². The van der Waals surface area contributed by atoms with E-state index in [2.05, 4.69) is 27.7 Å². The van der Waals surface area contributed by atoms with Gasteiger partial charge in [0.1, 0.15) is 0 Å². The number of hydrogen-bond acceptors (Lipinski definition) is 1. The average Bonchev–Trinajstić information content (AvgIpc) is 2.90. The molecule has 0 saturated carbocycles. The second kappa shape index (κ2) is 29.0. The van der Waals surface area contributed by atoms with Crippen molar-refractivity contribution in [1.29, 1.82) is 0 Å². The van der Waals surface area contributed by atoms with Gasteiger partial charge in [-0.3, -0.25) is 0 Å². The largest absolute Gasteiger partial charge is 0.325 e. The molecule has 2 N–H and O–H groups in total. The molecule has 1 atom stereocenters. The lowest BCUT2D eigenvalue weighted by molar-refractivity contribution is 0.220. The summed E-state index contributed by atoms with van der Waals surface area (Å²) in [6.45, 7) is 9.42. The SMILES string of the molecule is CCCCCCCCCCCC(C)C(N)(CCCCCCCCCCC)CCCCCCCCCCC. The van der Waals surface area contributed by atoms with Gasteiger partial charge in [-0.1, -0.05) is 201 Å². The number of nitrogens with two attached hydrogens (primary N) is 1. The molecule has 0 aliphatic rings. The van der Waals surface area contributed by atoms with Gasteiger partial charge in [0.15, 0.2) is 0 Å². The van der Waals surface area contributed by atoms with Crippen LogP contribution in [0.25, 0.3) is 0 Å². The summed E-state index contributed by atoms with van der Waals surface area (Å²) in [5, 5.41) is 0. The molecule has 0 bridgehead atoms. The Labute approximate surface area is 237 Å². The zero-order valence-corrected chi connectivity index (χ0v) is 26.9. The average molecular weight is 522 g/mol. The molecule has 1 heteroatoms. The Morgan fingerprint density at radius 3 is 0.919 bits per heavy atom. The molecule has 0 aromatic carbocycles. The Kier molecular flexibility index (Phi) is 28.9. The number of rotatable bonds is 31. The summed E-state index contributed by atoms with van der Waals surface area (Å²) in [4.78, 5) is 0. The van der Waals surface area contributed by atoms with Crippen LogP contribution in [0.3, 0.4) is 0 Å². The molecule has 1 unspecified atom stereocenters. The Balaban J connectivity index is 4.24. The molecule has 0 amide bonds. The second-order valence-electron chi connectivity index (χ2n) is 12.9. The Morgan fingerprint density at radius 2 is 0.622 bits per heavy atom. The minimum atomic E-state index is 0.0857. The predicted molar refractivity (Wildman–Crippen MR) is 172 cm³/mol. The predicted octanol–water partition coefficient (Wildman–Crippen LogP) is 13.1. The molecule has 0 aromatic heterocycles. The van der Waals surface area contributed by atoms with Gasteiger partial charge >= 0.3 is 0 Å². The third-order valence-electron chi connectivity index (χ3n) is 9.21. The number of hydrogen-bond donors (Lipinski definition) is 1. The van der Waals surface area contributed by atoms with E-state index in [1.165, 1.54) is 193 Å². The first-order valence-corrected chi connectivity index (χ1v) is 17.9. The summed E-state index contributed by atoms with van der Waals surface area (Å²) in [5.41, 5.74) is 7.33. The summed E-state index contributed by atoms with van der Waals surface area (Å²) in [7, 11) is 0. The van der Waals surface area contributed by atoms with Crippen molar-refractivity contribution < 1.29 is 0 Å². The third kappa shape index (κ3) is 24.7. The van der Waals surface area contributed by atoms with Gasteiger partial charge in [-0.2, -0.15) is 0 Å². The van der Waals surface area contributed by atoms with Crippen LogP contribution in [0, 0.1) is 5.92 Å². The summed E-state index contributed by atoms with van der Waals surface area (Å²) in [5.74, 6) is 0.681. The highest BCUT2D eigenvalue weighted by atomic mass is 14.8. The van der Waals surface area contributed by atoms with Crippen molar-refractivity contribution in [2.45, 2.75) is 226 Å². The van der Waals surface area contributed by atoms with Gasteiger partial charge in [-0.05, 0) is 25.2 Å². The zero-order valence-electron chi connectivity index (χ0n) is 26.9. The van der Waals surface area contributed by atoms with Crippen molar-refractivity contribution >= 4 is 0 Å². The molecule has 0 fully saturated rings. The summed E-state index contributed by atoms with van der Waals surface area (Å²) < 4.78 is 0. The monoisotopic (exact) mass is 522 g/mol. The van der Waals surface area contributed by atoms with Crippen LogP contribution in [-0.2, 0) is 0 Å². The van der Waals surface area contributed by atoms with Gasteiger partial charge in [0.25, 0.3) is 0 Å². The van der Waals surface area contributed by atoms with E-state index in [1.54, 1.807) is 0 Å². The van der Waals surface area contributed by atoms with E-state index < -0.39 is 0 Å². The van der Waals surface area contributed by atoms with Crippen LogP contribution in [0.4, 0.5) is 0 Å². The maximum absolute atomic E-state index is 7.24. The van der Waals surface area contributed by atoms with Crippen molar-refractivity contribution in [2.24, 2.45) is 11.7 Å². The quantitative estimate of drug-likeness (QED) is 0.0901. The van der Waals surface area contributed by atoms with E-state index in [4.69, 9.17) is 5.73 Å². The van der Waals surface area contributed by atoms with E-state index in [-0.39, 0.29) is 5.54 Å². The minimum absolute atomic E-state index is 0.0857. The van der Waals surface area contributed by atoms with Crippen molar-refractivity contribution in [1.82, 2.24) is 0 Å². The fourth-order valence-corrected chi connectivity index (χ4v) is 6.20. The zero-order chi connectivity index (χ0) is 27.3. The Bertz CT molecular complexity index is 395. The molecule has 1 nitrogen and oxygen atoms in total. The van der Waals surface area contributed by atoms with Crippen LogP contribution in [0.2, 0.25) is 0 Å². The lowest BCUT2D eigenvalue weighted by Crippen LogP contribution is -2.46. The van der Waals surface area contributed by atoms with E-state index in [1.807, 2.05) is 0 Å². The van der Waals surface area contributed by atoms with Crippen molar-refractivity contribution in [3.05, 3.63) is 0 Å². The molecular formula is C36H75N. The molecular weight excluding hydrogens is 446 g/mol. The molecule has 0 spiro atoms. The molecule has 0 radical (unpaired) electrons. The molecule has 224 valence electrons. The molecule has 0 aliphatic carbocycles. The highest BCUT2D eigenvalue weighted by molar-refractivity contribution is 4.89. The normalized spacial score (nSPS) is 12.9. The standard InChI is InChI=1S/C36H75N/c1-5-8-11-14-17-20-23-26-29-32-35(4)36(37,33-30-27-24-21-18-15-12-9-6-2)34-31-28-25-22-19-16-13-10-7-3/h35H,5-34,37H2,1-4H3. The van der Waals surface area contributed by atoms with E-state index >= 15 is 0 Å². The highest BCUT2D eigenvalue weighted by Crippen LogP contribution is 2.32. The van der Waals surface area contributed by atoms with Crippen LogP contribution in [0.5, 0.6) is 0 Å². The molecule has 37 heavy (non-hydrogen) atoms. The fraction of sp³-hybridized carbons (Fsp3) is 1.00. The first-order valence-electron chi connectivity index (χ1n) is 17.9. The van der Waals surface area contributed by atoms with Gasteiger partial charge < -0.3 is 5.73 Å². The third-order valence-corrected chi connectivity index (χ3v) is 9.21. The van der Waals surface area contributed by atoms with E-state index in [0.29, 0.717) is 5.92 Å². The lowest BCUT2D eigenvalue weighted by Gasteiger charge is -2.36. The smallest absolute Gasteiger partial charge is 0.0180 e. The maximum Gasteiger partial charge on any atom is 0.0180 e. The van der Waals surface area contributed by atoms with Gasteiger partial charge in [-0.15, -0.1) is 0 Å². The van der Waals surface area contributed by atoms with Gasteiger partial charge in [0.2, 0.25) is 0 Å². The second-order valence-corrected chi connectivity index (χ2v) is 12.9. The lowest BCUT2D eigenvalue weighted by atomic mass is 9.75. The van der Waals surface area contributed by atoms with Crippen molar-refractivity contribution in [3.8, 4) is 0 Å². The first kappa shape index (κ1) is 37.0. The summed E-state index contributed by atoms with van der Waals surface area (Å²) in [6.07, 6.45) is 42.2. The van der Waals surface area contributed by atoms with Crippen molar-refractivity contribution in [3.63, 3.8) is 0 Å². The van der Waals surface area contributed by atoms with Gasteiger partial charge in [-0.25, -0.2) is 0 Å². The minimum Gasteiger partial charge on any atom is -0.325 e. The van der Waals surface area contributed by atoms with Crippen LogP contribution >= 0.6 is 0 Å². The molecule has 0 aliphatic heterocycles. The van der Waals surface area contributed by atoms with Crippen molar-refractivity contribution in [2.75, 3.05) is 0 Å². The Hall–Kier alpha value is -0.0400. The fourth-order valence-electron chi connectivity index (χ4n) is 6.20. The Morgan fingerprint density at radius 1 is 0.378 bits per heavy atom. The summed E-state index contributed by atoms with van der Waals surface area (Å²) >= 11 is 0. The molecule has 0 aromatic rings. The van der Waals surface area contributed by atoms with Crippen LogP contribution in [0.15, 0.2) is 0 Å². The first-order chi connectivity index (χ1) is 18.1. The van der Waals surface area contributed by atoms with E-state index in [9.17, 15) is 0 Å². The topological polar surface area (TPSA) is 26.0 Å². The highest BCUT2D eigenvalue weighted by Gasteiger charge is 2.30. The van der Waals surface area contributed by atoms with Crippen LogP contribution in [0.1, 0.15) is 220 Å². The summed E-state index contributed by atoms with van der Waals surface area (Å²) in [6, 6.07) is 0. The van der Waals surface area contributed by atoms with Crippen LogP contribution in [-0.4, -0.2) is 5.54 Å². The van der Waals surface area contributed by atoms with E-state index in [0.717, 1.165) is 0 Å². The van der Waals surface area contributed by atoms with Gasteiger partial charge in [0, 0.05) is 5.54 Å². The van der Waals surface area contributed by atoms with Gasteiger partial charge in [0.05, 0.1) is 0 Å². The maximum atomic E-state index is 7.24. The molecule has 0 rings (SSSR count). The molecule has 0 saturated heterocycles.